The third-order valence-corrected chi connectivity index (χ3v) is 3.42. The fourth-order valence-corrected chi connectivity index (χ4v) is 2.63. The molecule has 2 bridgehead atoms. The van der Waals surface area contributed by atoms with E-state index in [1.165, 1.54) is 0 Å². The highest BCUT2D eigenvalue weighted by atomic mass is 16.4. The van der Waals surface area contributed by atoms with Crippen LogP contribution in [0.1, 0.15) is 12.8 Å². The van der Waals surface area contributed by atoms with E-state index in [1.54, 1.807) is 0 Å². The molecule has 2 aliphatic carbocycles. The van der Waals surface area contributed by atoms with E-state index in [4.69, 9.17) is 10.8 Å². The Balaban J connectivity index is 2.02. The van der Waals surface area contributed by atoms with Crippen molar-refractivity contribution in [3.05, 3.63) is 12.2 Å². The zero-order valence-corrected chi connectivity index (χ0v) is 7.84. The molecule has 78 valence electrons. The number of carboxylic acid groups (broad SMARTS) is 1. The van der Waals surface area contributed by atoms with Crippen LogP contribution < -0.4 is 5.73 Å². The second kappa shape index (κ2) is 3.37. The van der Waals surface area contributed by atoms with Crippen molar-refractivity contribution in [2.45, 2.75) is 25.0 Å². The summed E-state index contributed by atoms with van der Waals surface area (Å²) in [5, 5.41) is 18.5. The fraction of sp³-hybridized carbons (Fsp3) is 0.700. The quantitative estimate of drug-likeness (QED) is 0.555. The topological polar surface area (TPSA) is 83.6 Å². The summed E-state index contributed by atoms with van der Waals surface area (Å²) in [6.45, 7) is 0. The van der Waals surface area contributed by atoms with Gasteiger partial charge < -0.3 is 15.9 Å². The Morgan fingerprint density at radius 2 is 2.14 bits per heavy atom. The summed E-state index contributed by atoms with van der Waals surface area (Å²) < 4.78 is 0. The van der Waals surface area contributed by atoms with E-state index in [1.807, 2.05) is 0 Å². The minimum Gasteiger partial charge on any atom is -0.480 e. The molecule has 14 heavy (non-hydrogen) atoms. The zero-order chi connectivity index (χ0) is 10.3. The average molecular weight is 197 g/mol. The smallest absolute Gasteiger partial charge is 0.323 e. The molecular weight excluding hydrogens is 182 g/mol. The monoisotopic (exact) mass is 197 g/mol. The van der Waals surface area contributed by atoms with Gasteiger partial charge in [0.15, 0.2) is 0 Å². The van der Waals surface area contributed by atoms with E-state index < -0.39 is 18.1 Å². The van der Waals surface area contributed by atoms with Gasteiger partial charge in [0.2, 0.25) is 0 Å². The summed E-state index contributed by atoms with van der Waals surface area (Å²) in [4.78, 5) is 10.6. The van der Waals surface area contributed by atoms with Crippen LogP contribution in [0.4, 0.5) is 0 Å². The molecule has 0 heterocycles. The van der Waals surface area contributed by atoms with Gasteiger partial charge in [-0.05, 0) is 30.6 Å². The summed E-state index contributed by atoms with van der Waals surface area (Å²) in [6.07, 6.45) is 5.25. The number of aliphatic carboxylic acids is 1. The normalized spacial score (nSPS) is 38.6. The number of carbonyl (C=O) groups is 1. The molecule has 0 aromatic carbocycles. The minimum absolute atomic E-state index is 0.0381. The largest absolute Gasteiger partial charge is 0.480 e. The van der Waals surface area contributed by atoms with Gasteiger partial charge in [0, 0.05) is 0 Å². The van der Waals surface area contributed by atoms with E-state index >= 15 is 0 Å². The van der Waals surface area contributed by atoms with Gasteiger partial charge in [-0.3, -0.25) is 4.79 Å². The lowest BCUT2D eigenvalue weighted by molar-refractivity contribution is -0.142. The molecule has 2 aliphatic rings. The molecule has 0 saturated heterocycles. The maximum atomic E-state index is 10.6. The molecule has 1 fully saturated rings. The fourth-order valence-electron chi connectivity index (χ4n) is 2.63. The molecule has 1 saturated carbocycles. The van der Waals surface area contributed by atoms with Crippen LogP contribution in [0.2, 0.25) is 0 Å². The number of carboxylic acids is 1. The number of rotatable bonds is 3. The van der Waals surface area contributed by atoms with Crippen molar-refractivity contribution in [1.82, 2.24) is 0 Å². The van der Waals surface area contributed by atoms with E-state index in [0.717, 1.165) is 12.8 Å². The molecule has 2 rings (SSSR count). The maximum absolute atomic E-state index is 10.6. The predicted molar refractivity (Wildman–Crippen MR) is 50.5 cm³/mol. The number of aliphatic hydroxyl groups is 1. The molecule has 5 atom stereocenters. The van der Waals surface area contributed by atoms with E-state index in [-0.39, 0.29) is 5.92 Å². The molecule has 0 aliphatic heterocycles. The Kier molecular flexibility index (Phi) is 2.33. The minimum atomic E-state index is -1.15. The summed E-state index contributed by atoms with van der Waals surface area (Å²) in [6, 6.07) is -1.15. The lowest BCUT2D eigenvalue weighted by atomic mass is 9.85. The van der Waals surface area contributed by atoms with Crippen molar-refractivity contribution in [2.24, 2.45) is 23.5 Å². The molecule has 0 radical (unpaired) electrons. The SMILES string of the molecule is N[C@@H](C(=O)O)C(O)C1CC2C=CC1C2. The highest BCUT2D eigenvalue weighted by Crippen LogP contribution is 2.45. The van der Waals surface area contributed by atoms with Gasteiger partial charge in [-0.25, -0.2) is 0 Å². The molecule has 0 amide bonds. The second-order valence-electron chi connectivity index (χ2n) is 4.30. The molecular formula is C10H15NO3. The van der Waals surface area contributed by atoms with E-state index in [9.17, 15) is 9.90 Å². The van der Waals surface area contributed by atoms with Crippen LogP contribution in [0, 0.1) is 17.8 Å². The summed E-state index contributed by atoms with van der Waals surface area (Å²) in [7, 11) is 0. The van der Waals surface area contributed by atoms with E-state index in [2.05, 4.69) is 12.2 Å². The highest BCUT2D eigenvalue weighted by Gasteiger charge is 2.42. The van der Waals surface area contributed by atoms with Gasteiger partial charge in [0.1, 0.15) is 6.04 Å². The molecule has 0 aromatic heterocycles. The zero-order valence-electron chi connectivity index (χ0n) is 7.84. The van der Waals surface area contributed by atoms with Gasteiger partial charge >= 0.3 is 5.97 Å². The maximum Gasteiger partial charge on any atom is 0.323 e. The molecule has 0 spiro atoms. The molecule has 4 N–H and O–H groups in total. The Morgan fingerprint density at radius 3 is 2.57 bits per heavy atom. The lowest BCUT2D eigenvalue weighted by Gasteiger charge is -2.26. The first-order valence-corrected chi connectivity index (χ1v) is 4.94. The second-order valence-corrected chi connectivity index (χ2v) is 4.30. The number of hydrogen-bond donors (Lipinski definition) is 3. The molecule has 4 unspecified atom stereocenters. The summed E-state index contributed by atoms with van der Waals surface area (Å²) >= 11 is 0. The van der Waals surface area contributed by atoms with Crippen molar-refractivity contribution in [3.63, 3.8) is 0 Å². The molecule has 4 heteroatoms. The first kappa shape index (κ1) is 9.68. The van der Waals surface area contributed by atoms with Crippen LogP contribution in [-0.4, -0.2) is 28.3 Å². The van der Waals surface area contributed by atoms with Crippen molar-refractivity contribution in [2.75, 3.05) is 0 Å². The van der Waals surface area contributed by atoms with E-state index in [0.29, 0.717) is 11.8 Å². The van der Waals surface area contributed by atoms with Gasteiger partial charge in [-0.2, -0.15) is 0 Å². The number of allylic oxidation sites excluding steroid dienone is 2. The third kappa shape index (κ3) is 1.44. The number of aliphatic hydroxyl groups excluding tert-OH is 1. The Morgan fingerprint density at radius 1 is 1.43 bits per heavy atom. The van der Waals surface area contributed by atoms with Crippen LogP contribution in [0.15, 0.2) is 12.2 Å². The average Bonchev–Trinajstić information content (AvgIpc) is 2.76. The molecule has 0 aromatic rings. The predicted octanol–water partition coefficient (Wildman–Crippen LogP) is -0.0286. The van der Waals surface area contributed by atoms with Crippen LogP contribution >= 0.6 is 0 Å². The lowest BCUT2D eigenvalue weighted by Crippen LogP contribution is -2.46. The van der Waals surface area contributed by atoms with Gasteiger partial charge in [-0.1, -0.05) is 12.2 Å². The summed E-state index contributed by atoms with van der Waals surface area (Å²) in [5.74, 6) is -0.221. The van der Waals surface area contributed by atoms with Gasteiger partial charge in [-0.15, -0.1) is 0 Å². The highest BCUT2D eigenvalue weighted by molar-refractivity contribution is 5.74. The first-order chi connectivity index (χ1) is 6.59. The summed E-state index contributed by atoms with van der Waals surface area (Å²) in [5.41, 5.74) is 5.40. The van der Waals surface area contributed by atoms with Crippen molar-refractivity contribution in [1.29, 1.82) is 0 Å². The molecule has 4 nitrogen and oxygen atoms in total. The van der Waals surface area contributed by atoms with Crippen LogP contribution in [-0.2, 0) is 4.79 Å². The Bertz CT molecular complexity index is 277. The van der Waals surface area contributed by atoms with Crippen molar-refractivity contribution < 1.29 is 15.0 Å². The van der Waals surface area contributed by atoms with Crippen LogP contribution in [0.3, 0.4) is 0 Å². The van der Waals surface area contributed by atoms with Gasteiger partial charge in [0.25, 0.3) is 0 Å². The Labute approximate surface area is 82.4 Å². The Hall–Kier alpha value is -0.870. The number of nitrogens with two attached hydrogens (primary N) is 1. The number of fused-ring (bicyclic) bond motifs is 2. The van der Waals surface area contributed by atoms with Gasteiger partial charge in [0.05, 0.1) is 6.10 Å². The standard InChI is InChI=1S/C10H15NO3/c11-8(10(13)14)9(12)7-4-5-1-2-6(7)3-5/h1-2,5-9,12H,3-4,11H2,(H,13,14)/t5?,6?,7?,8-,9?/m1/s1. The van der Waals surface area contributed by atoms with Crippen molar-refractivity contribution in [3.8, 4) is 0 Å². The third-order valence-electron chi connectivity index (χ3n) is 3.42. The van der Waals surface area contributed by atoms with Crippen LogP contribution in [0.5, 0.6) is 0 Å². The van der Waals surface area contributed by atoms with Crippen molar-refractivity contribution >= 4 is 5.97 Å². The number of hydrogen-bond acceptors (Lipinski definition) is 3. The van der Waals surface area contributed by atoms with Crippen LogP contribution in [0.25, 0.3) is 0 Å². The first-order valence-electron chi connectivity index (χ1n) is 4.94.